The van der Waals surface area contributed by atoms with Crippen LogP contribution in [0.25, 0.3) is 0 Å². The number of carbonyl (C=O) groups excluding carboxylic acids is 1. The average molecular weight is 276 g/mol. The maximum absolute atomic E-state index is 12.4. The monoisotopic (exact) mass is 276 g/mol. The van der Waals surface area contributed by atoms with Gasteiger partial charge in [-0.25, -0.2) is 0 Å². The average Bonchev–Trinajstić information content (AvgIpc) is 2.94. The van der Waals surface area contributed by atoms with Crippen molar-refractivity contribution in [2.45, 2.75) is 38.5 Å². The van der Waals surface area contributed by atoms with E-state index in [0.29, 0.717) is 12.8 Å². The third kappa shape index (κ3) is 2.43. The molecule has 0 N–H and O–H groups in total. The molecular weight excluding hydrogens is 256 g/mol. The smallest absolute Gasteiger partial charge is 0.261 e. The van der Waals surface area contributed by atoms with Crippen LogP contribution in [-0.2, 0) is 24.2 Å². The van der Waals surface area contributed by atoms with Gasteiger partial charge in [-0.2, -0.15) is 0 Å². The topological polar surface area (TPSA) is 51.5 Å². The summed E-state index contributed by atoms with van der Waals surface area (Å²) in [7, 11) is 2.05. The van der Waals surface area contributed by atoms with Gasteiger partial charge in [-0.3, -0.25) is 9.59 Å². The number of pyridine rings is 1. The molecule has 3 heterocycles. The van der Waals surface area contributed by atoms with Crippen LogP contribution in [0, 0.1) is 0 Å². The van der Waals surface area contributed by atoms with Crippen LogP contribution in [-0.4, -0.2) is 42.1 Å². The Bertz CT molecular complexity index is 573. The molecule has 1 unspecified atom stereocenters. The number of rotatable bonds is 3. The number of ether oxygens (including phenoxy) is 1. The van der Waals surface area contributed by atoms with E-state index in [4.69, 9.17) is 4.74 Å². The first-order chi connectivity index (χ1) is 9.69. The quantitative estimate of drug-likeness (QED) is 0.767. The molecule has 0 aromatic carbocycles. The number of aldehydes is 1. The summed E-state index contributed by atoms with van der Waals surface area (Å²) in [5, 5.41) is 0. The number of nitrogens with zero attached hydrogens (tertiary/aromatic N) is 2. The molecule has 0 spiro atoms. The van der Waals surface area contributed by atoms with Gasteiger partial charge in [0.15, 0.2) is 6.29 Å². The van der Waals surface area contributed by atoms with Crippen LogP contribution < -0.4 is 5.56 Å². The Labute approximate surface area is 118 Å². The molecule has 0 aliphatic carbocycles. The molecule has 0 radical (unpaired) electrons. The predicted molar refractivity (Wildman–Crippen MR) is 75.1 cm³/mol. The van der Waals surface area contributed by atoms with Gasteiger partial charge in [0.1, 0.15) is 0 Å². The molecular formula is C15H20N2O3. The highest BCUT2D eigenvalue weighted by Gasteiger charge is 2.23. The second kappa shape index (κ2) is 5.50. The second-order valence-electron chi connectivity index (χ2n) is 5.73. The maximum Gasteiger partial charge on any atom is 0.261 e. The third-order valence-corrected chi connectivity index (χ3v) is 4.23. The van der Waals surface area contributed by atoms with E-state index in [0.717, 1.165) is 50.2 Å². The molecule has 0 bridgehead atoms. The summed E-state index contributed by atoms with van der Waals surface area (Å²) in [6, 6.07) is 1.76. The summed E-state index contributed by atoms with van der Waals surface area (Å²) < 4.78 is 7.42. The van der Waals surface area contributed by atoms with Crippen LogP contribution in [0.2, 0.25) is 0 Å². The molecule has 108 valence electrons. The highest BCUT2D eigenvalue weighted by Crippen LogP contribution is 2.20. The zero-order valence-corrected chi connectivity index (χ0v) is 11.8. The fraction of sp³-hybridized carbons (Fsp3) is 0.600. The minimum absolute atomic E-state index is 0.110. The minimum Gasteiger partial charge on any atom is -0.376 e. The molecule has 3 rings (SSSR count). The molecule has 1 saturated heterocycles. The Balaban J connectivity index is 2.03. The molecule has 0 amide bonds. The van der Waals surface area contributed by atoms with Crippen LogP contribution in [0.15, 0.2) is 10.9 Å². The van der Waals surface area contributed by atoms with Crippen molar-refractivity contribution in [2.75, 3.05) is 20.2 Å². The lowest BCUT2D eigenvalue weighted by atomic mass is 10.0. The number of aromatic nitrogens is 1. The first-order valence-corrected chi connectivity index (χ1v) is 7.20. The highest BCUT2D eigenvalue weighted by atomic mass is 16.5. The predicted octanol–water partition coefficient (Wildman–Crippen LogP) is 0.828. The van der Waals surface area contributed by atoms with Crippen molar-refractivity contribution in [1.29, 1.82) is 0 Å². The van der Waals surface area contributed by atoms with Gasteiger partial charge in [-0.1, -0.05) is 0 Å². The lowest BCUT2D eigenvalue weighted by Gasteiger charge is -2.28. The van der Waals surface area contributed by atoms with Gasteiger partial charge in [0.2, 0.25) is 0 Å². The fourth-order valence-electron chi connectivity index (χ4n) is 3.15. The summed E-state index contributed by atoms with van der Waals surface area (Å²) in [5.41, 5.74) is 2.27. The zero-order chi connectivity index (χ0) is 14.1. The van der Waals surface area contributed by atoms with E-state index in [1.807, 2.05) is 0 Å². The Morgan fingerprint density at radius 1 is 1.50 bits per heavy atom. The maximum atomic E-state index is 12.4. The van der Waals surface area contributed by atoms with E-state index in [1.165, 1.54) is 0 Å². The molecule has 20 heavy (non-hydrogen) atoms. The third-order valence-electron chi connectivity index (χ3n) is 4.23. The first kappa shape index (κ1) is 13.5. The van der Waals surface area contributed by atoms with Gasteiger partial charge < -0.3 is 14.2 Å². The van der Waals surface area contributed by atoms with Crippen LogP contribution in [0.1, 0.15) is 34.5 Å². The SMILES string of the molecule is CN1CCc2c(cc(C=O)c(=O)n2CC2CCCO2)C1. The summed E-state index contributed by atoms with van der Waals surface area (Å²) >= 11 is 0. The molecule has 1 atom stereocenters. The van der Waals surface area contributed by atoms with E-state index in [2.05, 4.69) is 11.9 Å². The lowest BCUT2D eigenvalue weighted by molar-refractivity contribution is 0.0945. The number of likely N-dealkylation sites (N-methyl/N-ethyl adjacent to an activating group) is 1. The van der Waals surface area contributed by atoms with Gasteiger partial charge in [0, 0.05) is 31.8 Å². The molecule has 1 fully saturated rings. The van der Waals surface area contributed by atoms with Crippen LogP contribution >= 0.6 is 0 Å². The van der Waals surface area contributed by atoms with Crippen LogP contribution in [0.5, 0.6) is 0 Å². The molecule has 2 aliphatic rings. The van der Waals surface area contributed by atoms with Crippen molar-refractivity contribution >= 4 is 6.29 Å². The fourth-order valence-corrected chi connectivity index (χ4v) is 3.15. The number of hydrogen-bond acceptors (Lipinski definition) is 4. The van der Waals surface area contributed by atoms with Crippen LogP contribution in [0.4, 0.5) is 0 Å². The van der Waals surface area contributed by atoms with E-state index >= 15 is 0 Å². The van der Waals surface area contributed by atoms with Crippen molar-refractivity contribution in [1.82, 2.24) is 9.47 Å². The van der Waals surface area contributed by atoms with Gasteiger partial charge in [0.05, 0.1) is 18.2 Å². The van der Waals surface area contributed by atoms with E-state index in [9.17, 15) is 9.59 Å². The number of fused-ring (bicyclic) bond motifs is 1. The van der Waals surface area contributed by atoms with Crippen LogP contribution in [0.3, 0.4) is 0 Å². The summed E-state index contributed by atoms with van der Waals surface area (Å²) in [6.07, 6.45) is 3.68. The van der Waals surface area contributed by atoms with Gasteiger partial charge in [-0.15, -0.1) is 0 Å². The Kier molecular flexibility index (Phi) is 3.72. The summed E-state index contributed by atoms with van der Waals surface area (Å²) in [5.74, 6) is 0. The van der Waals surface area contributed by atoms with Gasteiger partial charge >= 0.3 is 0 Å². The Hall–Kier alpha value is -1.46. The Morgan fingerprint density at radius 3 is 3.05 bits per heavy atom. The van der Waals surface area contributed by atoms with Crippen molar-refractivity contribution < 1.29 is 9.53 Å². The van der Waals surface area contributed by atoms with Gasteiger partial charge in [-0.05, 0) is 31.5 Å². The second-order valence-corrected chi connectivity index (χ2v) is 5.73. The number of carbonyl (C=O) groups is 1. The van der Waals surface area contributed by atoms with E-state index < -0.39 is 0 Å². The summed E-state index contributed by atoms with van der Waals surface area (Å²) in [6.45, 7) is 3.09. The normalized spacial score (nSPS) is 22.8. The van der Waals surface area contributed by atoms with E-state index in [-0.39, 0.29) is 17.2 Å². The van der Waals surface area contributed by atoms with E-state index in [1.54, 1.807) is 10.6 Å². The van der Waals surface area contributed by atoms with Crippen molar-refractivity contribution in [3.63, 3.8) is 0 Å². The first-order valence-electron chi connectivity index (χ1n) is 7.20. The van der Waals surface area contributed by atoms with Crippen molar-refractivity contribution in [2.24, 2.45) is 0 Å². The molecule has 1 aromatic heterocycles. The van der Waals surface area contributed by atoms with Crippen molar-refractivity contribution in [3.8, 4) is 0 Å². The largest absolute Gasteiger partial charge is 0.376 e. The van der Waals surface area contributed by atoms with Gasteiger partial charge in [0.25, 0.3) is 5.56 Å². The summed E-state index contributed by atoms with van der Waals surface area (Å²) in [4.78, 5) is 25.7. The minimum atomic E-state index is -0.168. The molecule has 5 heteroatoms. The molecule has 2 aliphatic heterocycles. The molecule has 0 saturated carbocycles. The molecule has 1 aromatic rings. The highest BCUT2D eigenvalue weighted by molar-refractivity contribution is 5.74. The standard InChI is InChI=1S/C15H20N2O3/c1-16-5-4-14-11(8-16)7-12(10-18)15(19)17(14)9-13-3-2-6-20-13/h7,10,13H,2-6,8-9H2,1H3. The molecule has 5 nitrogen and oxygen atoms in total. The zero-order valence-electron chi connectivity index (χ0n) is 11.8. The number of hydrogen-bond donors (Lipinski definition) is 0. The lowest BCUT2D eigenvalue weighted by Crippen LogP contribution is -2.37. The van der Waals surface area contributed by atoms with Crippen molar-refractivity contribution in [3.05, 3.63) is 33.2 Å². The Morgan fingerprint density at radius 2 is 2.35 bits per heavy atom.